The van der Waals surface area contributed by atoms with Crippen molar-refractivity contribution >= 4 is 6.09 Å². The normalized spacial score (nSPS) is 10.9. The third kappa shape index (κ3) is 5.46. The third-order valence-corrected chi connectivity index (χ3v) is 2.21. The fourth-order valence-electron chi connectivity index (χ4n) is 1.40. The van der Waals surface area contributed by atoms with Gasteiger partial charge in [0.05, 0.1) is 7.11 Å². The van der Waals surface area contributed by atoms with Crippen LogP contribution < -0.4 is 15.6 Å². The minimum absolute atomic E-state index is 0.146. The monoisotopic (exact) mass is 268 g/mol. The van der Waals surface area contributed by atoms with Crippen LogP contribution in [0, 0.1) is 0 Å². The molecule has 6 nitrogen and oxygen atoms in total. The predicted octanol–water partition coefficient (Wildman–Crippen LogP) is 1.38. The Bertz CT molecular complexity index is 488. The van der Waals surface area contributed by atoms with Gasteiger partial charge in [0.15, 0.2) is 0 Å². The van der Waals surface area contributed by atoms with E-state index in [1.54, 1.807) is 33.0 Å². The average Bonchev–Trinajstić information content (AvgIpc) is 2.29. The Morgan fingerprint density at radius 2 is 2.05 bits per heavy atom. The Morgan fingerprint density at radius 1 is 1.37 bits per heavy atom. The van der Waals surface area contributed by atoms with Crippen molar-refractivity contribution in [3.63, 3.8) is 0 Å². The lowest BCUT2D eigenvalue weighted by Gasteiger charge is -2.19. The third-order valence-electron chi connectivity index (χ3n) is 2.21. The van der Waals surface area contributed by atoms with E-state index in [2.05, 4.69) is 5.32 Å². The van der Waals surface area contributed by atoms with Crippen molar-refractivity contribution in [3.8, 4) is 5.75 Å². The minimum Gasteiger partial charge on any atom is -0.495 e. The summed E-state index contributed by atoms with van der Waals surface area (Å²) in [5.74, 6) is 0.594. The van der Waals surface area contributed by atoms with Gasteiger partial charge in [-0.25, -0.2) is 4.79 Å². The first-order valence-electron chi connectivity index (χ1n) is 6.03. The molecular formula is C13H20N2O4. The first-order chi connectivity index (χ1) is 8.81. The molecule has 0 bridgehead atoms. The molecule has 0 saturated heterocycles. The summed E-state index contributed by atoms with van der Waals surface area (Å²) in [6.45, 7) is 6.04. The van der Waals surface area contributed by atoms with Crippen LogP contribution in [0.1, 0.15) is 20.8 Å². The maximum Gasteiger partial charge on any atom is 0.407 e. The van der Waals surface area contributed by atoms with E-state index in [-0.39, 0.29) is 5.56 Å². The van der Waals surface area contributed by atoms with Gasteiger partial charge in [-0.1, -0.05) is 0 Å². The van der Waals surface area contributed by atoms with Gasteiger partial charge in [0.25, 0.3) is 5.56 Å². The molecule has 6 heteroatoms. The van der Waals surface area contributed by atoms with E-state index in [0.717, 1.165) is 0 Å². The minimum atomic E-state index is -0.531. The van der Waals surface area contributed by atoms with Crippen LogP contribution in [0.4, 0.5) is 4.79 Å². The lowest BCUT2D eigenvalue weighted by Crippen LogP contribution is -2.35. The van der Waals surface area contributed by atoms with Crippen molar-refractivity contribution in [3.05, 3.63) is 28.7 Å². The summed E-state index contributed by atoms with van der Waals surface area (Å²) in [7, 11) is 1.53. The number of rotatable bonds is 4. The number of nitrogens with zero attached hydrogens (tertiary/aromatic N) is 1. The van der Waals surface area contributed by atoms with Crippen LogP contribution in [0.15, 0.2) is 23.1 Å². The van der Waals surface area contributed by atoms with Gasteiger partial charge in [-0.05, 0) is 26.8 Å². The number of nitrogens with one attached hydrogen (secondary N) is 1. The number of carbonyl (C=O) groups is 1. The zero-order valence-corrected chi connectivity index (χ0v) is 11.7. The van der Waals surface area contributed by atoms with Gasteiger partial charge < -0.3 is 19.4 Å². The number of hydrogen-bond acceptors (Lipinski definition) is 4. The average molecular weight is 268 g/mol. The van der Waals surface area contributed by atoms with Gasteiger partial charge in [0.2, 0.25) is 0 Å². The summed E-state index contributed by atoms with van der Waals surface area (Å²) >= 11 is 0. The molecule has 0 aliphatic carbocycles. The topological polar surface area (TPSA) is 69.6 Å². The first-order valence-corrected chi connectivity index (χ1v) is 6.03. The molecule has 106 valence electrons. The van der Waals surface area contributed by atoms with E-state index in [0.29, 0.717) is 18.8 Å². The number of ether oxygens (including phenoxy) is 2. The van der Waals surface area contributed by atoms with E-state index in [4.69, 9.17) is 9.47 Å². The number of methoxy groups -OCH3 is 1. The molecule has 0 radical (unpaired) electrons. The summed E-state index contributed by atoms with van der Waals surface area (Å²) in [5, 5.41) is 2.59. The Labute approximate surface area is 112 Å². The number of hydrogen-bond donors (Lipinski definition) is 1. The highest BCUT2D eigenvalue weighted by Gasteiger charge is 2.15. The molecule has 0 fully saturated rings. The fraction of sp³-hybridized carbons (Fsp3) is 0.538. The SMILES string of the molecule is COc1ccc(=O)n(CCNC(=O)OC(C)(C)C)c1. The van der Waals surface area contributed by atoms with Crippen LogP contribution in [-0.2, 0) is 11.3 Å². The standard InChI is InChI=1S/C13H20N2O4/c1-13(2,3)19-12(17)14-7-8-15-9-10(18-4)5-6-11(15)16/h5-6,9H,7-8H2,1-4H3,(H,14,17). The van der Waals surface area contributed by atoms with Crippen LogP contribution in [0.5, 0.6) is 5.75 Å². The van der Waals surface area contributed by atoms with E-state index < -0.39 is 11.7 Å². The summed E-state index contributed by atoms with van der Waals surface area (Å²) in [5.41, 5.74) is -0.677. The number of alkyl carbamates (subject to hydrolysis) is 1. The van der Waals surface area contributed by atoms with Crippen molar-refractivity contribution in [1.29, 1.82) is 0 Å². The van der Waals surface area contributed by atoms with Crippen LogP contribution >= 0.6 is 0 Å². The number of aromatic nitrogens is 1. The molecule has 0 aromatic carbocycles. The van der Waals surface area contributed by atoms with Gasteiger partial charge >= 0.3 is 6.09 Å². The first kappa shape index (κ1) is 15.1. The Kier molecular flexibility index (Phi) is 4.97. The molecule has 0 saturated carbocycles. The molecule has 0 spiro atoms. The number of amides is 1. The maximum atomic E-state index is 11.6. The molecule has 1 aromatic rings. The van der Waals surface area contributed by atoms with Gasteiger partial charge in [-0.15, -0.1) is 0 Å². The number of carbonyl (C=O) groups excluding carboxylic acids is 1. The smallest absolute Gasteiger partial charge is 0.407 e. The van der Waals surface area contributed by atoms with Crippen molar-refractivity contribution in [2.45, 2.75) is 32.9 Å². The second kappa shape index (κ2) is 6.26. The molecule has 1 N–H and O–H groups in total. The molecular weight excluding hydrogens is 248 g/mol. The Balaban J connectivity index is 2.49. The van der Waals surface area contributed by atoms with Gasteiger partial charge in [-0.2, -0.15) is 0 Å². The fourth-order valence-corrected chi connectivity index (χ4v) is 1.40. The second-order valence-corrected chi connectivity index (χ2v) is 5.03. The van der Waals surface area contributed by atoms with Crippen molar-refractivity contribution in [2.75, 3.05) is 13.7 Å². The van der Waals surface area contributed by atoms with E-state index in [9.17, 15) is 9.59 Å². The number of pyridine rings is 1. The lowest BCUT2D eigenvalue weighted by molar-refractivity contribution is 0.0526. The highest BCUT2D eigenvalue weighted by Crippen LogP contribution is 2.06. The Morgan fingerprint density at radius 3 is 2.63 bits per heavy atom. The van der Waals surface area contributed by atoms with Crippen molar-refractivity contribution in [2.24, 2.45) is 0 Å². The molecule has 1 amide bonds. The molecule has 0 aliphatic rings. The highest BCUT2D eigenvalue weighted by atomic mass is 16.6. The van der Waals surface area contributed by atoms with Crippen LogP contribution in [0.2, 0.25) is 0 Å². The molecule has 1 aromatic heterocycles. The predicted molar refractivity (Wildman–Crippen MR) is 71.5 cm³/mol. The lowest BCUT2D eigenvalue weighted by atomic mass is 10.2. The summed E-state index contributed by atoms with van der Waals surface area (Å²) in [6.07, 6.45) is 1.10. The molecule has 19 heavy (non-hydrogen) atoms. The zero-order valence-electron chi connectivity index (χ0n) is 11.7. The zero-order chi connectivity index (χ0) is 14.5. The van der Waals surface area contributed by atoms with Gasteiger partial charge in [0.1, 0.15) is 11.4 Å². The summed E-state index contributed by atoms with van der Waals surface area (Å²) in [4.78, 5) is 23.0. The highest BCUT2D eigenvalue weighted by molar-refractivity contribution is 5.67. The molecule has 1 rings (SSSR count). The van der Waals surface area contributed by atoms with Crippen LogP contribution in [0.3, 0.4) is 0 Å². The molecule has 1 heterocycles. The summed E-state index contributed by atoms with van der Waals surface area (Å²) in [6, 6.07) is 3.02. The van der Waals surface area contributed by atoms with Gasteiger partial charge in [-0.3, -0.25) is 4.79 Å². The van der Waals surface area contributed by atoms with Crippen LogP contribution in [0.25, 0.3) is 0 Å². The van der Waals surface area contributed by atoms with E-state index in [1.165, 1.54) is 17.7 Å². The molecule has 0 atom stereocenters. The van der Waals surface area contributed by atoms with Gasteiger partial charge in [0, 0.05) is 25.4 Å². The van der Waals surface area contributed by atoms with E-state index >= 15 is 0 Å². The van der Waals surface area contributed by atoms with Crippen molar-refractivity contribution < 1.29 is 14.3 Å². The largest absolute Gasteiger partial charge is 0.495 e. The molecule has 0 unspecified atom stereocenters. The van der Waals surface area contributed by atoms with Crippen molar-refractivity contribution in [1.82, 2.24) is 9.88 Å². The van der Waals surface area contributed by atoms with Crippen LogP contribution in [-0.4, -0.2) is 29.9 Å². The quantitative estimate of drug-likeness (QED) is 0.895. The second-order valence-electron chi connectivity index (χ2n) is 5.03. The molecule has 0 aliphatic heterocycles. The maximum absolute atomic E-state index is 11.6. The Hall–Kier alpha value is -1.98. The van der Waals surface area contributed by atoms with E-state index in [1.807, 2.05) is 0 Å². The summed E-state index contributed by atoms with van der Waals surface area (Å²) < 4.78 is 11.6.